The van der Waals surface area contributed by atoms with Gasteiger partial charge in [-0.3, -0.25) is 4.79 Å². The highest BCUT2D eigenvalue weighted by molar-refractivity contribution is 5.93. The topological polar surface area (TPSA) is 89.5 Å². The number of ether oxygens (including phenoxy) is 2. The third-order valence-corrected chi connectivity index (χ3v) is 3.64. The third-order valence-electron chi connectivity index (χ3n) is 3.64. The van der Waals surface area contributed by atoms with Crippen LogP contribution in [0.25, 0.3) is 0 Å². The highest BCUT2D eigenvalue weighted by Gasteiger charge is 2.13. The summed E-state index contributed by atoms with van der Waals surface area (Å²) in [5.74, 6) is 1.65. The number of hydrogen-bond donors (Lipinski definition) is 1. The molecule has 0 aliphatic carbocycles. The summed E-state index contributed by atoms with van der Waals surface area (Å²) in [5.41, 5.74) is 0.458. The molecule has 0 saturated carbocycles. The van der Waals surface area contributed by atoms with Gasteiger partial charge in [-0.1, -0.05) is 0 Å². The van der Waals surface area contributed by atoms with Crippen LogP contribution in [0.3, 0.4) is 0 Å². The number of carbonyl (C=O) groups is 1. The summed E-state index contributed by atoms with van der Waals surface area (Å²) >= 11 is 0. The van der Waals surface area contributed by atoms with Crippen LogP contribution in [0, 0.1) is 0 Å². The number of nitrogens with zero attached hydrogens (tertiary/aromatic N) is 4. The van der Waals surface area contributed by atoms with Crippen LogP contribution in [0.1, 0.15) is 16.2 Å². The van der Waals surface area contributed by atoms with Crippen molar-refractivity contribution in [1.29, 1.82) is 0 Å². The Balaban J connectivity index is 1.60. The van der Waals surface area contributed by atoms with Gasteiger partial charge in [0.2, 0.25) is 5.88 Å². The number of pyridine rings is 1. The Labute approximate surface area is 139 Å². The summed E-state index contributed by atoms with van der Waals surface area (Å²) in [7, 11) is 1.53. The van der Waals surface area contributed by atoms with Crippen LogP contribution >= 0.6 is 0 Å². The van der Waals surface area contributed by atoms with Gasteiger partial charge in [0, 0.05) is 31.5 Å². The van der Waals surface area contributed by atoms with Crippen LogP contribution in [0.15, 0.2) is 30.6 Å². The predicted molar refractivity (Wildman–Crippen MR) is 87.0 cm³/mol. The molecule has 1 fully saturated rings. The van der Waals surface area contributed by atoms with E-state index in [1.54, 1.807) is 18.3 Å². The molecule has 1 amide bonds. The molecule has 0 spiro atoms. The molecule has 0 bridgehead atoms. The number of aromatic nitrogens is 3. The minimum absolute atomic E-state index is 0.231. The van der Waals surface area contributed by atoms with Crippen molar-refractivity contribution in [3.8, 4) is 5.88 Å². The van der Waals surface area contributed by atoms with E-state index < -0.39 is 0 Å². The molecule has 0 radical (unpaired) electrons. The number of nitrogens with one attached hydrogen (secondary N) is 1. The molecule has 1 saturated heterocycles. The number of morpholine rings is 1. The average molecular weight is 329 g/mol. The minimum atomic E-state index is -0.231. The number of hydrogen-bond acceptors (Lipinski definition) is 7. The summed E-state index contributed by atoms with van der Waals surface area (Å²) in [6.45, 7) is 3.25. The van der Waals surface area contributed by atoms with Crippen molar-refractivity contribution >= 4 is 11.7 Å². The lowest BCUT2D eigenvalue weighted by atomic mass is 10.2. The zero-order chi connectivity index (χ0) is 16.8. The van der Waals surface area contributed by atoms with E-state index >= 15 is 0 Å². The first-order valence-electron chi connectivity index (χ1n) is 7.69. The van der Waals surface area contributed by atoms with Crippen molar-refractivity contribution in [3.05, 3.63) is 42.0 Å². The fourth-order valence-corrected chi connectivity index (χ4v) is 2.34. The smallest absolute Gasteiger partial charge is 0.253 e. The van der Waals surface area contributed by atoms with Crippen LogP contribution in [-0.2, 0) is 11.3 Å². The monoisotopic (exact) mass is 329 g/mol. The standard InChI is InChI=1S/C16H19N5O3/c1-23-15-3-2-12(10-18-15)16(22)19-11-13-17-5-4-14(20-13)21-6-8-24-9-7-21/h2-5,10H,6-9,11H2,1H3,(H,19,22). The van der Waals surface area contributed by atoms with Crippen LogP contribution in [0.4, 0.5) is 5.82 Å². The maximum atomic E-state index is 12.1. The van der Waals surface area contributed by atoms with Crippen molar-refractivity contribution < 1.29 is 14.3 Å². The largest absolute Gasteiger partial charge is 0.481 e. The van der Waals surface area contributed by atoms with Gasteiger partial charge in [-0.05, 0) is 12.1 Å². The molecule has 2 aromatic rings. The van der Waals surface area contributed by atoms with E-state index in [2.05, 4.69) is 25.2 Å². The summed E-state index contributed by atoms with van der Waals surface area (Å²) < 4.78 is 10.3. The lowest BCUT2D eigenvalue weighted by molar-refractivity contribution is 0.0949. The Bertz CT molecular complexity index is 686. The van der Waals surface area contributed by atoms with E-state index in [1.807, 2.05) is 6.07 Å². The molecule has 0 aromatic carbocycles. The second kappa shape index (κ2) is 7.69. The fourth-order valence-electron chi connectivity index (χ4n) is 2.34. The van der Waals surface area contributed by atoms with Gasteiger partial charge in [-0.15, -0.1) is 0 Å². The lowest BCUT2D eigenvalue weighted by Gasteiger charge is -2.27. The molecule has 1 N–H and O–H groups in total. The molecular weight excluding hydrogens is 310 g/mol. The molecule has 126 valence electrons. The van der Waals surface area contributed by atoms with E-state index in [4.69, 9.17) is 9.47 Å². The van der Waals surface area contributed by atoms with Crippen LogP contribution in [0.2, 0.25) is 0 Å². The van der Waals surface area contributed by atoms with E-state index in [-0.39, 0.29) is 12.5 Å². The van der Waals surface area contributed by atoms with E-state index in [0.29, 0.717) is 30.5 Å². The highest BCUT2D eigenvalue weighted by atomic mass is 16.5. The van der Waals surface area contributed by atoms with Crippen LogP contribution in [-0.4, -0.2) is 54.3 Å². The molecule has 3 heterocycles. The summed E-state index contributed by atoms with van der Waals surface area (Å²) in [6.07, 6.45) is 3.17. The average Bonchev–Trinajstić information content (AvgIpc) is 2.67. The van der Waals surface area contributed by atoms with Gasteiger partial charge in [0.25, 0.3) is 5.91 Å². The number of methoxy groups -OCH3 is 1. The van der Waals surface area contributed by atoms with E-state index in [0.717, 1.165) is 18.9 Å². The number of anilines is 1. The van der Waals surface area contributed by atoms with Crippen molar-refractivity contribution in [2.75, 3.05) is 38.3 Å². The SMILES string of the molecule is COc1ccc(C(=O)NCc2nccc(N3CCOCC3)n2)cn1. The van der Waals surface area contributed by atoms with Crippen molar-refractivity contribution in [2.24, 2.45) is 0 Å². The number of amides is 1. The summed E-state index contributed by atoms with van der Waals surface area (Å²) in [6, 6.07) is 5.17. The first-order valence-corrected chi connectivity index (χ1v) is 7.69. The molecule has 8 nitrogen and oxygen atoms in total. The number of carbonyl (C=O) groups excluding carboxylic acids is 1. The molecule has 0 atom stereocenters. The Morgan fingerprint density at radius 2 is 2.12 bits per heavy atom. The van der Waals surface area contributed by atoms with Crippen molar-refractivity contribution in [2.45, 2.75) is 6.54 Å². The van der Waals surface area contributed by atoms with Crippen molar-refractivity contribution in [1.82, 2.24) is 20.3 Å². The van der Waals surface area contributed by atoms with Gasteiger partial charge in [0.15, 0.2) is 0 Å². The van der Waals surface area contributed by atoms with Gasteiger partial charge >= 0.3 is 0 Å². The Morgan fingerprint density at radius 3 is 2.83 bits per heavy atom. The molecule has 2 aromatic heterocycles. The summed E-state index contributed by atoms with van der Waals surface area (Å²) in [4.78, 5) is 27.0. The summed E-state index contributed by atoms with van der Waals surface area (Å²) in [5, 5.41) is 2.79. The van der Waals surface area contributed by atoms with E-state index in [1.165, 1.54) is 13.3 Å². The maximum absolute atomic E-state index is 12.1. The first-order chi connectivity index (χ1) is 11.8. The van der Waals surface area contributed by atoms with Gasteiger partial charge in [0.05, 0.1) is 32.4 Å². The molecule has 0 unspecified atom stereocenters. The molecule has 1 aliphatic rings. The first kappa shape index (κ1) is 16.1. The normalized spacial score (nSPS) is 14.3. The van der Waals surface area contributed by atoms with Gasteiger partial charge < -0.3 is 19.7 Å². The van der Waals surface area contributed by atoms with Gasteiger partial charge in [-0.25, -0.2) is 15.0 Å². The molecule has 1 aliphatic heterocycles. The minimum Gasteiger partial charge on any atom is -0.481 e. The van der Waals surface area contributed by atoms with Gasteiger partial charge in [0.1, 0.15) is 11.6 Å². The Morgan fingerprint density at radius 1 is 1.29 bits per heavy atom. The third kappa shape index (κ3) is 3.96. The molecule has 3 rings (SSSR count). The molecule has 24 heavy (non-hydrogen) atoms. The molecular formula is C16H19N5O3. The van der Waals surface area contributed by atoms with Crippen LogP contribution < -0.4 is 15.0 Å². The quantitative estimate of drug-likeness (QED) is 0.861. The maximum Gasteiger partial charge on any atom is 0.253 e. The Kier molecular flexibility index (Phi) is 5.17. The second-order valence-corrected chi connectivity index (χ2v) is 5.20. The lowest BCUT2D eigenvalue weighted by Crippen LogP contribution is -2.37. The predicted octanol–water partition coefficient (Wildman–Crippen LogP) is 0.647. The fraction of sp³-hybridized carbons (Fsp3) is 0.375. The molecule has 8 heteroatoms. The Hall–Kier alpha value is -2.74. The zero-order valence-electron chi connectivity index (χ0n) is 13.4. The van der Waals surface area contributed by atoms with Gasteiger partial charge in [-0.2, -0.15) is 0 Å². The highest BCUT2D eigenvalue weighted by Crippen LogP contribution is 2.12. The second-order valence-electron chi connectivity index (χ2n) is 5.20. The van der Waals surface area contributed by atoms with E-state index in [9.17, 15) is 4.79 Å². The number of rotatable bonds is 5. The zero-order valence-corrected chi connectivity index (χ0v) is 13.4. The van der Waals surface area contributed by atoms with Crippen molar-refractivity contribution in [3.63, 3.8) is 0 Å². The van der Waals surface area contributed by atoms with Crippen LogP contribution in [0.5, 0.6) is 5.88 Å².